The lowest BCUT2D eigenvalue weighted by Gasteiger charge is -2.25. The molecule has 33 heavy (non-hydrogen) atoms. The fourth-order valence-corrected chi connectivity index (χ4v) is 6.63. The first-order valence-corrected chi connectivity index (χ1v) is 13.3. The molecule has 8 nitrogen and oxygen atoms in total. The van der Waals surface area contributed by atoms with E-state index in [9.17, 15) is 9.59 Å². The van der Waals surface area contributed by atoms with E-state index in [0.717, 1.165) is 30.6 Å². The van der Waals surface area contributed by atoms with Gasteiger partial charge >= 0.3 is 0 Å². The number of hydrogen-bond acceptors (Lipinski definition) is 9. The van der Waals surface area contributed by atoms with Crippen molar-refractivity contribution in [2.24, 2.45) is 0 Å². The summed E-state index contributed by atoms with van der Waals surface area (Å²) in [4.78, 5) is 26.6. The fourth-order valence-electron chi connectivity index (χ4n) is 4.10. The van der Waals surface area contributed by atoms with Crippen molar-refractivity contribution in [1.82, 2.24) is 10.2 Å². The van der Waals surface area contributed by atoms with E-state index in [2.05, 4.69) is 20.8 Å². The summed E-state index contributed by atoms with van der Waals surface area (Å²) in [7, 11) is 0. The average molecular weight is 503 g/mol. The Labute approximate surface area is 203 Å². The van der Waals surface area contributed by atoms with Gasteiger partial charge in [-0.2, -0.15) is 0 Å². The molecule has 0 bridgehead atoms. The number of amides is 2. The van der Waals surface area contributed by atoms with Crippen molar-refractivity contribution in [2.75, 3.05) is 29.6 Å². The highest BCUT2D eigenvalue weighted by Gasteiger charge is 2.43. The van der Waals surface area contributed by atoms with Crippen LogP contribution in [-0.4, -0.2) is 41.0 Å². The molecular formula is C22H22N4O4S3. The first-order chi connectivity index (χ1) is 16.1. The van der Waals surface area contributed by atoms with Crippen LogP contribution in [-0.2, 0) is 15.0 Å². The van der Waals surface area contributed by atoms with Crippen LogP contribution in [0.15, 0.2) is 40.1 Å². The molecule has 0 saturated heterocycles. The third-order valence-electron chi connectivity index (χ3n) is 5.66. The summed E-state index contributed by atoms with van der Waals surface area (Å²) in [5.41, 5.74) is 0.168. The molecule has 0 unspecified atom stereocenters. The van der Waals surface area contributed by atoms with E-state index in [1.54, 1.807) is 29.5 Å². The van der Waals surface area contributed by atoms with Crippen molar-refractivity contribution in [2.45, 2.75) is 35.4 Å². The lowest BCUT2D eigenvalue weighted by atomic mass is 9.83. The monoisotopic (exact) mass is 502 g/mol. The number of ether oxygens (including phenoxy) is 2. The molecule has 0 spiro atoms. The number of thiophene rings is 1. The van der Waals surface area contributed by atoms with E-state index in [1.165, 1.54) is 23.1 Å². The molecular weight excluding hydrogens is 480 g/mol. The highest BCUT2D eigenvalue weighted by molar-refractivity contribution is 8.01. The Morgan fingerprint density at radius 3 is 2.67 bits per heavy atom. The van der Waals surface area contributed by atoms with Gasteiger partial charge in [-0.05, 0) is 36.4 Å². The molecule has 3 aromatic rings. The number of fused-ring (bicyclic) bond motifs is 1. The van der Waals surface area contributed by atoms with Crippen LogP contribution in [0.1, 0.15) is 30.6 Å². The zero-order chi connectivity index (χ0) is 22.7. The molecule has 1 aliphatic heterocycles. The summed E-state index contributed by atoms with van der Waals surface area (Å²) in [6.07, 6.45) is 3.78. The van der Waals surface area contributed by atoms with E-state index in [-0.39, 0.29) is 17.6 Å². The normalized spacial score (nSPS) is 16.4. The fraction of sp³-hybridized carbons (Fsp3) is 0.364. The zero-order valence-corrected chi connectivity index (χ0v) is 20.1. The van der Waals surface area contributed by atoms with Crippen molar-refractivity contribution in [1.29, 1.82) is 0 Å². The number of anilines is 2. The Bertz CT molecular complexity index is 1140. The maximum Gasteiger partial charge on any atom is 0.237 e. The number of benzene rings is 1. The Balaban J connectivity index is 1.16. The van der Waals surface area contributed by atoms with E-state index in [4.69, 9.17) is 9.47 Å². The van der Waals surface area contributed by atoms with Gasteiger partial charge in [0.25, 0.3) is 0 Å². The molecule has 5 rings (SSSR count). The van der Waals surface area contributed by atoms with Crippen LogP contribution in [0, 0.1) is 0 Å². The standard InChI is InChI=1S/C22H22N4O4S3/c27-18(23-14-5-6-15-16(12-14)30-10-9-29-15)13-32-21-26-25-20(33-21)24-19(28)22(7-1-2-8-22)17-4-3-11-31-17/h3-6,11-12H,1-2,7-10,13H2,(H,23,27)(H,24,25,28). The molecule has 1 aliphatic carbocycles. The van der Waals surface area contributed by atoms with Crippen LogP contribution in [0.4, 0.5) is 10.8 Å². The predicted octanol–water partition coefficient (Wildman–Crippen LogP) is 4.55. The summed E-state index contributed by atoms with van der Waals surface area (Å²) < 4.78 is 11.7. The molecule has 11 heteroatoms. The summed E-state index contributed by atoms with van der Waals surface area (Å²) in [5.74, 6) is 1.29. The Hall–Kier alpha value is -2.63. The van der Waals surface area contributed by atoms with Gasteiger partial charge in [-0.15, -0.1) is 21.5 Å². The first-order valence-electron chi connectivity index (χ1n) is 10.6. The van der Waals surface area contributed by atoms with Crippen molar-refractivity contribution < 1.29 is 19.1 Å². The topological polar surface area (TPSA) is 102 Å². The van der Waals surface area contributed by atoms with Gasteiger partial charge in [0.05, 0.1) is 11.2 Å². The van der Waals surface area contributed by atoms with Gasteiger partial charge in [-0.25, -0.2) is 0 Å². The maximum absolute atomic E-state index is 13.2. The summed E-state index contributed by atoms with van der Waals surface area (Å²) in [6, 6.07) is 9.34. The smallest absolute Gasteiger partial charge is 0.237 e. The second-order valence-electron chi connectivity index (χ2n) is 7.79. The molecule has 2 aromatic heterocycles. The van der Waals surface area contributed by atoms with Crippen LogP contribution >= 0.6 is 34.4 Å². The van der Waals surface area contributed by atoms with Gasteiger partial charge in [-0.1, -0.05) is 42.0 Å². The molecule has 1 fully saturated rings. The van der Waals surface area contributed by atoms with E-state index in [0.29, 0.717) is 39.9 Å². The van der Waals surface area contributed by atoms with Gasteiger partial charge in [0.2, 0.25) is 16.9 Å². The van der Waals surface area contributed by atoms with E-state index in [1.807, 2.05) is 17.5 Å². The average Bonchev–Trinajstić information content (AvgIpc) is 3.60. The minimum atomic E-state index is -0.476. The quantitative estimate of drug-likeness (QED) is 0.361. The van der Waals surface area contributed by atoms with Crippen LogP contribution in [0.3, 0.4) is 0 Å². The molecule has 2 N–H and O–H groups in total. The number of rotatable bonds is 7. The number of nitrogens with zero attached hydrogens (tertiary/aromatic N) is 2. The summed E-state index contributed by atoms with van der Waals surface area (Å²) in [5, 5.41) is 16.5. The number of aromatic nitrogens is 2. The lowest BCUT2D eigenvalue weighted by molar-refractivity contribution is -0.121. The second-order valence-corrected chi connectivity index (χ2v) is 10.9. The molecule has 2 amide bonds. The van der Waals surface area contributed by atoms with Crippen LogP contribution in [0.25, 0.3) is 0 Å². The Morgan fingerprint density at radius 2 is 1.88 bits per heavy atom. The maximum atomic E-state index is 13.2. The molecule has 172 valence electrons. The third kappa shape index (κ3) is 4.85. The molecule has 1 saturated carbocycles. The molecule has 3 heterocycles. The van der Waals surface area contributed by atoms with Gasteiger partial charge in [0.1, 0.15) is 13.2 Å². The summed E-state index contributed by atoms with van der Waals surface area (Å²) >= 11 is 4.19. The molecule has 0 atom stereocenters. The van der Waals surface area contributed by atoms with Crippen LogP contribution in [0.5, 0.6) is 11.5 Å². The summed E-state index contributed by atoms with van der Waals surface area (Å²) in [6.45, 7) is 1.01. The number of nitrogens with one attached hydrogen (secondary N) is 2. The number of hydrogen-bond donors (Lipinski definition) is 2. The van der Waals surface area contributed by atoms with Crippen molar-refractivity contribution >= 4 is 57.1 Å². The first kappa shape index (κ1) is 22.2. The zero-order valence-electron chi connectivity index (χ0n) is 17.7. The highest BCUT2D eigenvalue weighted by Crippen LogP contribution is 2.44. The van der Waals surface area contributed by atoms with Gasteiger partial charge < -0.3 is 14.8 Å². The van der Waals surface area contributed by atoms with Crippen molar-refractivity contribution in [3.63, 3.8) is 0 Å². The largest absolute Gasteiger partial charge is 0.486 e. The number of thioether (sulfide) groups is 1. The van der Waals surface area contributed by atoms with E-state index >= 15 is 0 Å². The molecule has 2 aliphatic rings. The van der Waals surface area contributed by atoms with Gasteiger partial charge in [-0.3, -0.25) is 14.9 Å². The Morgan fingerprint density at radius 1 is 1.06 bits per heavy atom. The SMILES string of the molecule is O=C(CSc1nnc(NC(=O)C2(c3cccs3)CCCC2)s1)Nc1ccc2c(c1)OCCO2. The van der Waals surface area contributed by atoms with Crippen LogP contribution in [0.2, 0.25) is 0 Å². The predicted molar refractivity (Wildman–Crippen MR) is 130 cm³/mol. The number of carbonyl (C=O) groups is 2. The lowest BCUT2D eigenvalue weighted by Crippen LogP contribution is -2.37. The van der Waals surface area contributed by atoms with Crippen molar-refractivity contribution in [3.05, 3.63) is 40.6 Å². The minimum absolute atomic E-state index is 0.0218. The second kappa shape index (κ2) is 9.70. The number of carbonyl (C=O) groups excluding carboxylic acids is 2. The van der Waals surface area contributed by atoms with Crippen LogP contribution < -0.4 is 20.1 Å². The van der Waals surface area contributed by atoms with E-state index < -0.39 is 5.41 Å². The van der Waals surface area contributed by atoms with Gasteiger partial charge in [0.15, 0.2) is 15.8 Å². The molecule has 1 aromatic carbocycles. The van der Waals surface area contributed by atoms with Gasteiger partial charge in [0, 0.05) is 16.6 Å². The Kier molecular flexibility index (Phi) is 6.52. The third-order valence-corrected chi connectivity index (χ3v) is 8.71. The highest BCUT2D eigenvalue weighted by atomic mass is 32.2. The van der Waals surface area contributed by atoms with Crippen molar-refractivity contribution in [3.8, 4) is 11.5 Å². The minimum Gasteiger partial charge on any atom is -0.486 e. The molecule has 0 radical (unpaired) electrons.